The van der Waals surface area contributed by atoms with E-state index >= 15 is 0 Å². The Bertz CT molecular complexity index is 384. The van der Waals surface area contributed by atoms with Crippen molar-refractivity contribution in [1.82, 2.24) is 4.90 Å². The molecule has 1 aliphatic heterocycles. The van der Waals surface area contributed by atoms with Gasteiger partial charge in [-0.05, 0) is 50.0 Å². The molecule has 2 rings (SSSR count). The maximum atomic E-state index is 11.4. The van der Waals surface area contributed by atoms with E-state index in [-0.39, 0.29) is 5.97 Å². The average molecular weight is 232 g/mol. The number of methoxy groups -OCH3 is 1. The van der Waals surface area contributed by atoms with Gasteiger partial charge in [0.15, 0.2) is 0 Å². The highest BCUT2D eigenvalue weighted by atomic mass is 16.5. The number of hydrogen-bond acceptors (Lipinski definition) is 3. The first-order valence-corrected chi connectivity index (χ1v) is 6.01. The minimum absolute atomic E-state index is 0.265. The molecule has 3 nitrogen and oxygen atoms in total. The Morgan fingerprint density at radius 1 is 1.35 bits per heavy atom. The van der Waals surface area contributed by atoms with Gasteiger partial charge in [-0.25, -0.2) is 4.79 Å². The van der Waals surface area contributed by atoms with Gasteiger partial charge in [0.1, 0.15) is 0 Å². The van der Waals surface area contributed by atoms with Crippen molar-refractivity contribution in [3.63, 3.8) is 0 Å². The summed E-state index contributed by atoms with van der Waals surface area (Å²) in [6, 6.07) is 7.69. The Kier molecular flexibility index (Phi) is 4.15. The lowest BCUT2D eigenvalue weighted by Crippen LogP contribution is -2.29. The van der Waals surface area contributed by atoms with E-state index in [0.29, 0.717) is 5.56 Å². The lowest BCUT2D eigenvalue weighted by atomic mass is 10.1. The van der Waals surface area contributed by atoms with Crippen LogP contribution in [0, 0.1) is 6.42 Å². The average Bonchev–Trinajstić information content (AvgIpc) is 2.39. The molecule has 0 bridgehead atoms. The molecule has 0 atom stereocenters. The van der Waals surface area contributed by atoms with E-state index in [0.717, 1.165) is 32.5 Å². The largest absolute Gasteiger partial charge is 0.465 e. The van der Waals surface area contributed by atoms with Gasteiger partial charge in [-0.15, -0.1) is 0 Å². The molecule has 0 unspecified atom stereocenters. The van der Waals surface area contributed by atoms with Crippen LogP contribution in [0.25, 0.3) is 0 Å². The smallest absolute Gasteiger partial charge is 0.337 e. The lowest BCUT2D eigenvalue weighted by Gasteiger charge is -2.26. The first kappa shape index (κ1) is 12.1. The third kappa shape index (κ3) is 3.30. The summed E-state index contributed by atoms with van der Waals surface area (Å²) in [7, 11) is 1.41. The molecule has 0 saturated carbocycles. The number of esters is 1. The second-order valence-electron chi connectivity index (χ2n) is 4.33. The lowest BCUT2D eigenvalue weighted by molar-refractivity contribution is 0.0600. The molecule has 0 N–H and O–H groups in total. The molecule has 91 valence electrons. The molecular formula is C14H18NO2. The van der Waals surface area contributed by atoms with Crippen molar-refractivity contribution < 1.29 is 9.53 Å². The monoisotopic (exact) mass is 232 g/mol. The number of benzene rings is 1. The molecule has 1 radical (unpaired) electrons. The van der Waals surface area contributed by atoms with Crippen LogP contribution >= 0.6 is 0 Å². The van der Waals surface area contributed by atoms with Crippen LogP contribution < -0.4 is 0 Å². The fourth-order valence-electron chi connectivity index (χ4n) is 2.13. The predicted octanol–water partition coefficient (Wildman–Crippen LogP) is 2.27. The van der Waals surface area contributed by atoms with E-state index in [1.54, 1.807) is 6.07 Å². The quantitative estimate of drug-likeness (QED) is 0.749. The summed E-state index contributed by atoms with van der Waals surface area (Å²) in [5, 5.41) is 0. The molecular weight excluding hydrogens is 214 g/mol. The topological polar surface area (TPSA) is 29.5 Å². The van der Waals surface area contributed by atoms with E-state index in [1.807, 2.05) is 12.1 Å². The zero-order valence-corrected chi connectivity index (χ0v) is 10.2. The number of piperidine rings is 1. The SMILES string of the molecule is COC(=O)c1cccc(CN2CC[CH]CC2)c1. The number of likely N-dealkylation sites (tertiary alicyclic amines) is 1. The number of nitrogens with zero attached hydrogens (tertiary/aromatic N) is 1. The van der Waals surface area contributed by atoms with E-state index in [9.17, 15) is 4.79 Å². The summed E-state index contributed by atoms with van der Waals surface area (Å²) in [5.41, 5.74) is 1.81. The van der Waals surface area contributed by atoms with Crippen molar-refractivity contribution in [2.24, 2.45) is 0 Å². The van der Waals surface area contributed by atoms with Gasteiger partial charge in [-0.1, -0.05) is 12.1 Å². The van der Waals surface area contributed by atoms with Crippen LogP contribution in [0.1, 0.15) is 28.8 Å². The zero-order valence-electron chi connectivity index (χ0n) is 10.2. The number of carbonyl (C=O) groups excluding carboxylic acids is 1. The van der Waals surface area contributed by atoms with E-state index < -0.39 is 0 Å². The van der Waals surface area contributed by atoms with Crippen molar-refractivity contribution in [1.29, 1.82) is 0 Å². The molecule has 1 aliphatic rings. The van der Waals surface area contributed by atoms with Crippen molar-refractivity contribution >= 4 is 5.97 Å². The van der Waals surface area contributed by atoms with Gasteiger partial charge in [-0.3, -0.25) is 4.90 Å². The summed E-state index contributed by atoms with van der Waals surface area (Å²) in [6.45, 7) is 3.14. The highest BCUT2D eigenvalue weighted by molar-refractivity contribution is 5.89. The second-order valence-corrected chi connectivity index (χ2v) is 4.33. The molecule has 1 fully saturated rings. The van der Waals surface area contributed by atoms with E-state index in [4.69, 9.17) is 4.74 Å². The standard InChI is InChI=1S/C14H18NO2/c1-17-14(16)13-7-5-6-12(10-13)11-15-8-3-2-4-9-15/h2,5-7,10H,3-4,8-9,11H2,1H3. The summed E-state index contributed by atoms with van der Waals surface area (Å²) < 4.78 is 4.72. The zero-order chi connectivity index (χ0) is 12.1. The van der Waals surface area contributed by atoms with Gasteiger partial charge in [-0.2, -0.15) is 0 Å². The molecule has 1 aromatic carbocycles. The third-order valence-electron chi connectivity index (χ3n) is 3.05. The molecule has 0 aromatic heterocycles. The fraction of sp³-hybridized carbons (Fsp3) is 0.429. The number of rotatable bonds is 3. The molecule has 0 amide bonds. The fourth-order valence-corrected chi connectivity index (χ4v) is 2.13. The van der Waals surface area contributed by atoms with Crippen molar-refractivity contribution in [2.45, 2.75) is 19.4 Å². The summed E-state index contributed by atoms with van der Waals surface area (Å²) in [5.74, 6) is -0.265. The van der Waals surface area contributed by atoms with Crippen LogP contribution in [-0.2, 0) is 11.3 Å². The molecule has 0 spiro atoms. The second kappa shape index (κ2) is 5.82. The van der Waals surface area contributed by atoms with Gasteiger partial charge >= 0.3 is 5.97 Å². The molecule has 1 aromatic rings. The summed E-state index contributed by atoms with van der Waals surface area (Å²) in [6.07, 6.45) is 4.66. The van der Waals surface area contributed by atoms with E-state index in [1.165, 1.54) is 12.7 Å². The highest BCUT2D eigenvalue weighted by Crippen LogP contribution is 2.13. The Labute approximate surface area is 102 Å². The minimum Gasteiger partial charge on any atom is -0.465 e. The van der Waals surface area contributed by atoms with Crippen LogP contribution in [0.3, 0.4) is 0 Å². The van der Waals surface area contributed by atoms with Crippen LogP contribution in [0.5, 0.6) is 0 Å². The third-order valence-corrected chi connectivity index (χ3v) is 3.05. The van der Waals surface area contributed by atoms with Gasteiger partial charge in [0, 0.05) is 6.54 Å². The first-order valence-electron chi connectivity index (χ1n) is 6.01. The van der Waals surface area contributed by atoms with E-state index in [2.05, 4.69) is 17.4 Å². The number of carbonyl (C=O) groups is 1. The Hall–Kier alpha value is -1.35. The highest BCUT2D eigenvalue weighted by Gasteiger charge is 2.11. The van der Waals surface area contributed by atoms with Gasteiger partial charge < -0.3 is 4.74 Å². The van der Waals surface area contributed by atoms with Crippen molar-refractivity contribution in [2.75, 3.05) is 20.2 Å². The van der Waals surface area contributed by atoms with Crippen LogP contribution in [0.2, 0.25) is 0 Å². The molecule has 1 saturated heterocycles. The van der Waals surface area contributed by atoms with Crippen LogP contribution in [-0.4, -0.2) is 31.1 Å². The number of ether oxygens (including phenoxy) is 1. The van der Waals surface area contributed by atoms with Gasteiger partial charge in [0.05, 0.1) is 12.7 Å². The van der Waals surface area contributed by atoms with Gasteiger partial charge in [0.25, 0.3) is 0 Å². The maximum Gasteiger partial charge on any atom is 0.337 e. The Morgan fingerprint density at radius 3 is 2.82 bits per heavy atom. The van der Waals surface area contributed by atoms with Crippen molar-refractivity contribution in [3.05, 3.63) is 41.8 Å². The Balaban J connectivity index is 2.02. The predicted molar refractivity (Wildman–Crippen MR) is 66.6 cm³/mol. The van der Waals surface area contributed by atoms with Crippen LogP contribution in [0.4, 0.5) is 0 Å². The summed E-state index contributed by atoms with van der Waals surface area (Å²) >= 11 is 0. The molecule has 1 heterocycles. The number of hydrogen-bond donors (Lipinski definition) is 0. The molecule has 3 heteroatoms. The Morgan fingerprint density at radius 2 is 2.12 bits per heavy atom. The first-order chi connectivity index (χ1) is 8.29. The van der Waals surface area contributed by atoms with Gasteiger partial charge in [0.2, 0.25) is 0 Å². The maximum absolute atomic E-state index is 11.4. The summed E-state index contributed by atoms with van der Waals surface area (Å²) in [4.78, 5) is 13.8. The van der Waals surface area contributed by atoms with Crippen molar-refractivity contribution in [3.8, 4) is 0 Å². The van der Waals surface area contributed by atoms with Crippen LogP contribution in [0.15, 0.2) is 24.3 Å². The molecule has 0 aliphatic carbocycles. The molecule has 17 heavy (non-hydrogen) atoms. The normalized spacial score (nSPS) is 16.8. The minimum atomic E-state index is -0.265.